The van der Waals surface area contributed by atoms with E-state index in [1.165, 1.54) is 0 Å². The number of ether oxygens (including phenoxy) is 1. The van der Waals surface area contributed by atoms with Crippen molar-refractivity contribution >= 4 is 27.7 Å². The molecule has 0 saturated carbocycles. The highest BCUT2D eigenvalue weighted by molar-refractivity contribution is 9.10. The SMILES string of the molecule is COCCNC(=O)C(C)NC(=O)c1cc(Br)cn1C(C)C. The van der Waals surface area contributed by atoms with Crippen LogP contribution in [0.2, 0.25) is 0 Å². The van der Waals surface area contributed by atoms with Gasteiger partial charge in [0.05, 0.1) is 6.61 Å². The predicted octanol–water partition coefficient (Wildman–Crippen LogP) is 1.71. The highest BCUT2D eigenvalue weighted by atomic mass is 79.9. The second-order valence-corrected chi connectivity index (χ2v) is 5.94. The monoisotopic (exact) mass is 359 g/mol. The second kappa shape index (κ2) is 8.19. The minimum atomic E-state index is -0.608. The van der Waals surface area contributed by atoms with Crippen LogP contribution >= 0.6 is 15.9 Å². The van der Waals surface area contributed by atoms with Crippen molar-refractivity contribution in [2.45, 2.75) is 32.9 Å². The van der Waals surface area contributed by atoms with Gasteiger partial charge in [-0.2, -0.15) is 0 Å². The standard InChI is InChI=1S/C14H22BrN3O3/c1-9(2)18-8-11(15)7-12(18)14(20)17-10(3)13(19)16-5-6-21-4/h7-10H,5-6H2,1-4H3,(H,16,19)(H,17,20). The highest BCUT2D eigenvalue weighted by Gasteiger charge is 2.20. The van der Waals surface area contributed by atoms with Crippen LogP contribution in [0.25, 0.3) is 0 Å². The fourth-order valence-corrected chi connectivity index (χ4v) is 2.26. The van der Waals surface area contributed by atoms with Crippen LogP contribution < -0.4 is 10.6 Å². The molecule has 0 aromatic carbocycles. The average Bonchev–Trinajstić information content (AvgIpc) is 2.81. The van der Waals surface area contributed by atoms with Gasteiger partial charge in [0, 0.05) is 30.4 Å². The van der Waals surface area contributed by atoms with Crippen molar-refractivity contribution < 1.29 is 14.3 Å². The van der Waals surface area contributed by atoms with Crippen LogP contribution in [0.4, 0.5) is 0 Å². The van der Waals surface area contributed by atoms with E-state index < -0.39 is 6.04 Å². The van der Waals surface area contributed by atoms with Crippen molar-refractivity contribution in [3.05, 3.63) is 22.4 Å². The molecule has 1 atom stereocenters. The van der Waals surface area contributed by atoms with E-state index in [-0.39, 0.29) is 17.9 Å². The first-order valence-corrected chi connectivity index (χ1v) is 7.61. The molecule has 2 N–H and O–H groups in total. The molecule has 2 amide bonds. The Bertz CT molecular complexity index is 500. The minimum Gasteiger partial charge on any atom is -0.383 e. The highest BCUT2D eigenvalue weighted by Crippen LogP contribution is 2.19. The number of nitrogens with zero attached hydrogens (tertiary/aromatic N) is 1. The summed E-state index contributed by atoms with van der Waals surface area (Å²) in [7, 11) is 1.56. The van der Waals surface area contributed by atoms with Gasteiger partial charge in [-0.25, -0.2) is 0 Å². The van der Waals surface area contributed by atoms with Gasteiger partial charge in [-0.15, -0.1) is 0 Å². The van der Waals surface area contributed by atoms with E-state index >= 15 is 0 Å². The summed E-state index contributed by atoms with van der Waals surface area (Å²) >= 11 is 3.36. The van der Waals surface area contributed by atoms with Crippen LogP contribution in [0.5, 0.6) is 0 Å². The van der Waals surface area contributed by atoms with Gasteiger partial charge in [-0.05, 0) is 42.8 Å². The molecule has 7 heteroatoms. The second-order valence-electron chi connectivity index (χ2n) is 5.02. The Morgan fingerprint density at radius 2 is 2.05 bits per heavy atom. The number of aromatic nitrogens is 1. The summed E-state index contributed by atoms with van der Waals surface area (Å²) in [5.74, 6) is -0.508. The lowest BCUT2D eigenvalue weighted by Crippen LogP contribution is -2.46. The summed E-state index contributed by atoms with van der Waals surface area (Å²) in [4.78, 5) is 24.1. The molecule has 1 aromatic heterocycles. The fourth-order valence-electron chi connectivity index (χ4n) is 1.82. The quantitative estimate of drug-likeness (QED) is 0.728. The van der Waals surface area contributed by atoms with Crippen LogP contribution in [0.15, 0.2) is 16.7 Å². The lowest BCUT2D eigenvalue weighted by atomic mass is 10.2. The summed E-state index contributed by atoms with van der Waals surface area (Å²) in [6.45, 7) is 6.49. The maximum absolute atomic E-state index is 12.3. The molecule has 1 aromatic rings. The predicted molar refractivity (Wildman–Crippen MR) is 84.3 cm³/mol. The van der Waals surface area contributed by atoms with E-state index in [1.54, 1.807) is 20.1 Å². The Labute approximate surface area is 133 Å². The number of amides is 2. The summed E-state index contributed by atoms with van der Waals surface area (Å²) in [5, 5.41) is 5.39. The molecule has 0 aliphatic heterocycles. The Morgan fingerprint density at radius 3 is 2.62 bits per heavy atom. The lowest BCUT2D eigenvalue weighted by Gasteiger charge is -2.16. The average molecular weight is 360 g/mol. The molecule has 1 unspecified atom stereocenters. The van der Waals surface area contributed by atoms with Crippen molar-refractivity contribution in [1.82, 2.24) is 15.2 Å². The molecule has 0 saturated heterocycles. The third kappa shape index (κ3) is 5.17. The van der Waals surface area contributed by atoms with E-state index in [0.717, 1.165) is 4.47 Å². The third-order valence-electron chi connectivity index (χ3n) is 2.95. The first-order valence-electron chi connectivity index (χ1n) is 6.81. The van der Waals surface area contributed by atoms with Gasteiger partial charge >= 0.3 is 0 Å². The number of carbonyl (C=O) groups is 2. The first-order chi connectivity index (χ1) is 9.86. The summed E-state index contributed by atoms with van der Waals surface area (Å²) in [6.07, 6.45) is 1.85. The maximum atomic E-state index is 12.3. The number of nitrogens with one attached hydrogen (secondary N) is 2. The van der Waals surface area contributed by atoms with Crippen molar-refractivity contribution in [2.24, 2.45) is 0 Å². The maximum Gasteiger partial charge on any atom is 0.268 e. The fraction of sp³-hybridized carbons (Fsp3) is 0.571. The van der Waals surface area contributed by atoms with Crippen LogP contribution in [-0.4, -0.2) is 42.7 Å². The molecule has 6 nitrogen and oxygen atoms in total. The van der Waals surface area contributed by atoms with Crippen LogP contribution in [0.3, 0.4) is 0 Å². The van der Waals surface area contributed by atoms with E-state index in [0.29, 0.717) is 18.8 Å². The number of carbonyl (C=O) groups excluding carboxylic acids is 2. The van der Waals surface area contributed by atoms with Gasteiger partial charge in [0.15, 0.2) is 0 Å². The summed E-state index contributed by atoms with van der Waals surface area (Å²) in [5.41, 5.74) is 0.522. The zero-order valence-electron chi connectivity index (χ0n) is 12.8. The lowest BCUT2D eigenvalue weighted by molar-refractivity contribution is -0.122. The normalized spacial score (nSPS) is 12.3. The van der Waals surface area contributed by atoms with Crippen molar-refractivity contribution in [3.63, 3.8) is 0 Å². The molecular formula is C14H22BrN3O3. The number of hydrogen-bond acceptors (Lipinski definition) is 3. The first kappa shape index (κ1) is 17.7. The van der Waals surface area contributed by atoms with Crippen LogP contribution in [0, 0.1) is 0 Å². The smallest absolute Gasteiger partial charge is 0.268 e. The number of methoxy groups -OCH3 is 1. The van der Waals surface area contributed by atoms with Crippen LogP contribution in [-0.2, 0) is 9.53 Å². The summed E-state index contributed by atoms with van der Waals surface area (Å²) < 4.78 is 7.54. The Balaban J connectivity index is 2.66. The number of halogens is 1. The Kier molecular flexibility index (Phi) is 6.91. The largest absolute Gasteiger partial charge is 0.383 e. The van der Waals surface area contributed by atoms with Gasteiger partial charge in [-0.1, -0.05) is 0 Å². The van der Waals surface area contributed by atoms with Crippen molar-refractivity contribution in [2.75, 3.05) is 20.3 Å². The third-order valence-corrected chi connectivity index (χ3v) is 3.38. The molecule has 0 radical (unpaired) electrons. The molecule has 0 spiro atoms. The number of rotatable bonds is 7. The number of hydrogen-bond donors (Lipinski definition) is 2. The molecular weight excluding hydrogens is 338 g/mol. The zero-order chi connectivity index (χ0) is 16.0. The van der Waals surface area contributed by atoms with Gasteiger partial charge < -0.3 is 19.9 Å². The van der Waals surface area contributed by atoms with Gasteiger partial charge in [-0.3, -0.25) is 9.59 Å². The van der Waals surface area contributed by atoms with E-state index in [9.17, 15) is 9.59 Å². The minimum absolute atomic E-state index is 0.155. The van der Waals surface area contributed by atoms with Gasteiger partial charge in [0.2, 0.25) is 5.91 Å². The molecule has 118 valence electrons. The molecule has 0 aliphatic rings. The topological polar surface area (TPSA) is 72.4 Å². The molecule has 1 rings (SSSR count). The van der Waals surface area contributed by atoms with E-state index in [4.69, 9.17) is 4.74 Å². The molecule has 21 heavy (non-hydrogen) atoms. The molecule has 0 aliphatic carbocycles. The Hall–Kier alpha value is -1.34. The Morgan fingerprint density at radius 1 is 1.38 bits per heavy atom. The van der Waals surface area contributed by atoms with E-state index in [2.05, 4.69) is 26.6 Å². The van der Waals surface area contributed by atoms with Crippen molar-refractivity contribution in [3.8, 4) is 0 Å². The van der Waals surface area contributed by atoms with Gasteiger partial charge in [0.25, 0.3) is 5.91 Å². The van der Waals surface area contributed by atoms with Gasteiger partial charge in [0.1, 0.15) is 11.7 Å². The molecule has 1 heterocycles. The molecule has 0 fully saturated rings. The molecule has 0 bridgehead atoms. The van der Waals surface area contributed by atoms with E-state index in [1.807, 2.05) is 24.6 Å². The van der Waals surface area contributed by atoms with Crippen molar-refractivity contribution in [1.29, 1.82) is 0 Å². The van der Waals surface area contributed by atoms with Crippen LogP contribution in [0.1, 0.15) is 37.3 Å². The zero-order valence-corrected chi connectivity index (χ0v) is 14.4. The summed E-state index contributed by atoms with van der Waals surface area (Å²) in [6, 6.07) is 1.29.